The molecule has 0 bridgehead atoms. The fourth-order valence-electron chi connectivity index (χ4n) is 1.56. The number of halogens is 1. The highest BCUT2D eigenvalue weighted by molar-refractivity contribution is 9.10. The summed E-state index contributed by atoms with van der Waals surface area (Å²) in [5, 5.41) is 12.6. The van der Waals surface area contributed by atoms with Crippen molar-refractivity contribution in [1.82, 2.24) is 20.1 Å². The van der Waals surface area contributed by atoms with Crippen LogP contribution in [0.1, 0.15) is 5.56 Å². The quantitative estimate of drug-likeness (QED) is 0.785. The first-order valence-electron chi connectivity index (χ1n) is 5.31. The highest BCUT2D eigenvalue weighted by atomic mass is 79.9. The summed E-state index contributed by atoms with van der Waals surface area (Å²) < 4.78 is 5.94. The molecule has 3 aromatic rings. The van der Waals surface area contributed by atoms with Crippen molar-refractivity contribution in [2.45, 2.75) is 0 Å². The molecule has 0 saturated heterocycles. The van der Waals surface area contributed by atoms with Gasteiger partial charge in [-0.15, -0.1) is 0 Å². The van der Waals surface area contributed by atoms with E-state index in [-0.39, 0.29) is 0 Å². The molecule has 0 unspecified atom stereocenters. The predicted octanol–water partition coefficient (Wildman–Crippen LogP) is 2.76. The third-order valence-corrected chi connectivity index (χ3v) is 3.08. The van der Waals surface area contributed by atoms with Gasteiger partial charge in [0.1, 0.15) is 17.5 Å². The molecule has 0 fully saturated rings. The maximum atomic E-state index is 8.76. The number of aromatic nitrogens is 4. The van der Waals surface area contributed by atoms with Crippen LogP contribution in [0.15, 0.2) is 39.6 Å². The van der Waals surface area contributed by atoms with E-state index < -0.39 is 0 Å². The lowest BCUT2D eigenvalue weighted by Crippen LogP contribution is -1.86. The fourth-order valence-corrected chi connectivity index (χ4v) is 1.99. The van der Waals surface area contributed by atoms with Crippen molar-refractivity contribution in [3.8, 4) is 29.2 Å². The molecule has 19 heavy (non-hydrogen) atoms. The number of H-pyrrole nitrogens is 1. The van der Waals surface area contributed by atoms with Crippen LogP contribution < -0.4 is 0 Å². The van der Waals surface area contributed by atoms with E-state index in [2.05, 4.69) is 36.0 Å². The second-order valence-corrected chi connectivity index (χ2v) is 4.53. The minimum Gasteiger partial charge on any atom is -0.356 e. The summed E-state index contributed by atoms with van der Waals surface area (Å²) in [6, 6.07) is 7.32. The standard InChI is InChI=1S/C12H6BrN5O/c13-8-2-1-3-15-10(8)11-17-12(19-18-11)9-4-7(5-14)6-16-9/h1-4,6,16H. The summed E-state index contributed by atoms with van der Waals surface area (Å²) >= 11 is 3.38. The van der Waals surface area contributed by atoms with Gasteiger partial charge in [0.15, 0.2) is 0 Å². The molecule has 0 aliphatic heterocycles. The summed E-state index contributed by atoms with van der Waals surface area (Å²) in [7, 11) is 0. The molecule has 0 spiro atoms. The molecular formula is C12H6BrN5O. The van der Waals surface area contributed by atoms with Gasteiger partial charge in [0, 0.05) is 16.9 Å². The highest BCUT2D eigenvalue weighted by Gasteiger charge is 2.14. The van der Waals surface area contributed by atoms with Crippen molar-refractivity contribution < 1.29 is 4.52 Å². The van der Waals surface area contributed by atoms with Crippen LogP contribution in [-0.2, 0) is 0 Å². The Morgan fingerprint density at radius 1 is 1.42 bits per heavy atom. The van der Waals surface area contributed by atoms with Crippen molar-refractivity contribution in [2.24, 2.45) is 0 Å². The Bertz CT molecular complexity index is 770. The Morgan fingerprint density at radius 3 is 3.05 bits per heavy atom. The van der Waals surface area contributed by atoms with Crippen LogP contribution in [0, 0.1) is 11.3 Å². The second-order valence-electron chi connectivity index (χ2n) is 3.67. The lowest BCUT2D eigenvalue weighted by molar-refractivity contribution is 0.431. The molecule has 0 aliphatic rings. The van der Waals surface area contributed by atoms with Crippen molar-refractivity contribution in [2.75, 3.05) is 0 Å². The minimum absolute atomic E-state index is 0.314. The van der Waals surface area contributed by atoms with Crippen LogP contribution in [-0.4, -0.2) is 20.1 Å². The average Bonchev–Trinajstić information content (AvgIpc) is 3.08. The van der Waals surface area contributed by atoms with E-state index >= 15 is 0 Å². The summed E-state index contributed by atoms with van der Waals surface area (Å²) in [5.74, 6) is 0.699. The molecule has 3 heterocycles. The third-order valence-electron chi connectivity index (χ3n) is 2.44. The molecule has 0 aromatic carbocycles. The topological polar surface area (TPSA) is 91.4 Å². The first-order valence-corrected chi connectivity index (χ1v) is 6.10. The van der Waals surface area contributed by atoms with Crippen molar-refractivity contribution in [3.63, 3.8) is 0 Å². The molecule has 3 aromatic heterocycles. The number of hydrogen-bond acceptors (Lipinski definition) is 5. The van der Waals surface area contributed by atoms with Gasteiger partial charge >= 0.3 is 0 Å². The van der Waals surface area contributed by atoms with E-state index in [0.717, 1.165) is 4.47 Å². The van der Waals surface area contributed by atoms with E-state index in [1.165, 1.54) is 0 Å². The molecule has 3 rings (SSSR count). The fraction of sp³-hybridized carbons (Fsp3) is 0. The summed E-state index contributed by atoms with van der Waals surface area (Å²) in [4.78, 5) is 11.3. The number of nitriles is 1. The number of aromatic amines is 1. The first kappa shape index (κ1) is 11.6. The summed E-state index contributed by atoms with van der Waals surface area (Å²) in [6.45, 7) is 0. The van der Waals surface area contributed by atoms with Gasteiger partial charge in [0.2, 0.25) is 5.82 Å². The normalized spacial score (nSPS) is 10.3. The Hall–Kier alpha value is -2.46. The second kappa shape index (κ2) is 4.66. The van der Waals surface area contributed by atoms with E-state index in [0.29, 0.717) is 28.7 Å². The van der Waals surface area contributed by atoms with E-state index in [4.69, 9.17) is 9.78 Å². The highest BCUT2D eigenvalue weighted by Crippen LogP contribution is 2.25. The molecular weight excluding hydrogens is 310 g/mol. The zero-order chi connectivity index (χ0) is 13.2. The predicted molar refractivity (Wildman–Crippen MR) is 69.7 cm³/mol. The Balaban J connectivity index is 2.00. The number of nitrogens with zero attached hydrogens (tertiary/aromatic N) is 4. The number of rotatable bonds is 2. The molecule has 0 saturated carbocycles. The van der Waals surface area contributed by atoms with Crippen LogP contribution in [0.5, 0.6) is 0 Å². The lowest BCUT2D eigenvalue weighted by Gasteiger charge is -1.94. The monoisotopic (exact) mass is 315 g/mol. The summed E-state index contributed by atoms with van der Waals surface area (Å²) in [6.07, 6.45) is 3.23. The largest absolute Gasteiger partial charge is 0.356 e. The maximum Gasteiger partial charge on any atom is 0.274 e. The molecule has 0 aliphatic carbocycles. The Labute approximate surface area is 116 Å². The van der Waals surface area contributed by atoms with Crippen LogP contribution in [0.4, 0.5) is 0 Å². The Kier molecular flexibility index (Phi) is 2.85. The SMILES string of the molecule is N#Cc1c[nH]c(-c2nc(-c3ncccc3Br)no2)c1. The van der Waals surface area contributed by atoms with Gasteiger partial charge in [-0.25, -0.2) is 0 Å². The van der Waals surface area contributed by atoms with Crippen LogP contribution in [0.3, 0.4) is 0 Å². The number of nitrogens with one attached hydrogen (secondary N) is 1. The van der Waals surface area contributed by atoms with Crippen LogP contribution >= 0.6 is 15.9 Å². The van der Waals surface area contributed by atoms with Gasteiger partial charge in [-0.2, -0.15) is 10.2 Å². The van der Waals surface area contributed by atoms with Crippen molar-refractivity contribution in [1.29, 1.82) is 5.26 Å². The van der Waals surface area contributed by atoms with Gasteiger partial charge in [-0.05, 0) is 34.1 Å². The van der Waals surface area contributed by atoms with E-state index in [9.17, 15) is 0 Å². The van der Waals surface area contributed by atoms with Gasteiger partial charge in [0.25, 0.3) is 5.89 Å². The number of hydrogen-bond donors (Lipinski definition) is 1. The molecule has 6 nitrogen and oxygen atoms in total. The molecule has 0 radical (unpaired) electrons. The van der Waals surface area contributed by atoms with Gasteiger partial charge in [-0.1, -0.05) is 5.16 Å². The Morgan fingerprint density at radius 2 is 2.32 bits per heavy atom. The third kappa shape index (κ3) is 2.13. The zero-order valence-electron chi connectivity index (χ0n) is 9.46. The molecule has 92 valence electrons. The number of pyridine rings is 1. The lowest BCUT2D eigenvalue weighted by atomic mass is 10.3. The van der Waals surface area contributed by atoms with Crippen molar-refractivity contribution in [3.05, 3.63) is 40.6 Å². The zero-order valence-corrected chi connectivity index (χ0v) is 11.0. The summed E-state index contributed by atoms with van der Waals surface area (Å²) in [5.41, 5.74) is 1.71. The van der Waals surface area contributed by atoms with E-state index in [1.807, 2.05) is 12.1 Å². The molecule has 7 heteroatoms. The van der Waals surface area contributed by atoms with Crippen LogP contribution in [0.2, 0.25) is 0 Å². The van der Waals surface area contributed by atoms with Gasteiger partial charge < -0.3 is 9.51 Å². The van der Waals surface area contributed by atoms with Gasteiger partial charge in [0.05, 0.1) is 5.56 Å². The minimum atomic E-state index is 0.314. The van der Waals surface area contributed by atoms with Gasteiger partial charge in [-0.3, -0.25) is 4.98 Å². The first-order chi connectivity index (χ1) is 9.28. The average molecular weight is 316 g/mol. The maximum absolute atomic E-state index is 8.76. The van der Waals surface area contributed by atoms with Crippen molar-refractivity contribution >= 4 is 15.9 Å². The smallest absolute Gasteiger partial charge is 0.274 e. The molecule has 0 amide bonds. The van der Waals surface area contributed by atoms with Crippen LogP contribution in [0.25, 0.3) is 23.1 Å². The molecule has 0 atom stereocenters. The molecule has 1 N–H and O–H groups in total. The van der Waals surface area contributed by atoms with E-state index in [1.54, 1.807) is 24.5 Å².